The maximum Gasteiger partial charge on any atom is 0.305 e. The SMILES string of the molecule is NC(CC(=O)O)c1c(Cl)ccc(O)c1F. The molecule has 0 aliphatic carbocycles. The van der Waals surface area contributed by atoms with Gasteiger partial charge in [0.1, 0.15) is 0 Å². The van der Waals surface area contributed by atoms with Gasteiger partial charge in [0.05, 0.1) is 6.42 Å². The normalized spacial score (nSPS) is 12.5. The van der Waals surface area contributed by atoms with Crippen molar-refractivity contribution in [1.29, 1.82) is 0 Å². The summed E-state index contributed by atoms with van der Waals surface area (Å²) in [7, 11) is 0. The van der Waals surface area contributed by atoms with E-state index in [0.717, 1.165) is 6.07 Å². The molecule has 0 amide bonds. The molecule has 0 aliphatic rings. The third-order valence-corrected chi connectivity index (χ3v) is 2.20. The number of rotatable bonds is 3. The molecule has 0 heterocycles. The molecule has 0 spiro atoms. The van der Waals surface area contributed by atoms with Crippen molar-refractivity contribution in [2.45, 2.75) is 12.5 Å². The van der Waals surface area contributed by atoms with E-state index in [2.05, 4.69) is 0 Å². The van der Waals surface area contributed by atoms with E-state index in [1.807, 2.05) is 0 Å². The van der Waals surface area contributed by atoms with Crippen molar-refractivity contribution in [2.24, 2.45) is 5.73 Å². The second kappa shape index (κ2) is 4.46. The Morgan fingerprint density at radius 3 is 2.73 bits per heavy atom. The molecule has 1 aromatic rings. The van der Waals surface area contributed by atoms with E-state index in [0.29, 0.717) is 0 Å². The Bertz CT molecular complexity index is 397. The van der Waals surface area contributed by atoms with Gasteiger partial charge in [-0.05, 0) is 12.1 Å². The lowest BCUT2D eigenvalue weighted by Gasteiger charge is -2.13. The molecule has 4 nitrogen and oxygen atoms in total. The highest BCUT2D eigenvalue weighted by Crippen LogP contribution is 2.31. The summed E-state index contributed by atoms with van der Waals surface area (Å²) in [5.74, 6) is -2.74. The van der Waals surface area contributed by atoms with Crippen LogP contribution < -0.4 is 5.73 Å². The molecule has 1 aromatic carbocycles. The van der Waals surface area contributed by atoms with E-state index in [9.17, 15) is 9.18 Å². The van der Waals surface area contributed by atoms with Crippen LogP contribution >= 0.6 is 11.6 Å². The molecule has 4 N–H and O–H groups in total. The van der Waals surface area contributed by atoms with E-state index in [1.165, 1.54) is 6.07 Å². The minimum Gasteiger partial charge on any atom is -0.505 e. The number of aromatic hydroxyl groups is 1. The molecule has 0 saturated heterocycles. The molecule has 15 heavy (non-hydrogen) atoms. The summed E-state index contributed by atoms with van der Waals surface area (Å²) in [4.78, 5) is 10.4. The number of hydrogen-bond donors (Lipinski definition) is 3. The van der Waals surface area contributed by atoms with Gasteiger partial charge in [-0.3, -0.25) is 4.79 Å². The fraction of sp³-hybridized carbons (Fsp3) is 0.222. The maximum absolute atomic E-state index is 13.4. The molecule has 0 aromatic heterocycles. The van der Waals surface area contributed by atoms with Gasteiger partial charge in [-0.25, -0.2) is 4.39 Å². The van der Waals surface area contributed by atoms with Crippen LogP contribution in [0.3, 0.4) is 0 Å². The van der Waals surface area contributed by atoms with Gasteiger partial charge in [0, 0.05) is 16.6 Å². The maximum atomic E-state index is 13.4. The van der Waals surface area contributed by atoms with Gasteiger partial charge in [0.15, 0.2) is 11.6 Å². The van der Waals surface area contributed by atoms with Crippen molar-refractivity contribution in [3.63, 3.8) is 0 Å². The molecular weight excluding hydrogens is 225 g/mol. The van der Waals surface area contributed by atoms with Crippen LogP contribution in [0.4, 0.5) is 4.39 Å². The molecule has 1 atom stereocenters. The van der Waals surface area contributed by atoms with E-state index in [-0.39, 0.29) is 10.6 Å². The number of halogens is 2. The molecule has 0 bridgehead atoms. The number of carbonyl (C=O) groups is 1. The smallest absolute Gasteiger partial charge is 0.305 e. The first-order valence-electron chi connectivity index (χ1n) is 4.07. The van der Waals surface area contributed by atoms with Crippen LogP contribution in [0.2, 0.25) is 5.02 Å². The second-order valence-corrected chi connectivity index (χ2v) is 3.41. The van der Waals surface area contributed by atoms with Crippen LogP contribution in [-0.2, 0) is 4.79 Å². The quantitative estimate of drug-likeness (QED) is 0.741. The summed E-state index contributed by atoms with van der Waals surface area (Å²) >= 11 is 5.66. The minimum atomic E-state index is -1.17. The second-order valence-electron chi connectivity index (χ2n) is 3.00. The largest absolute Gasteiger partial charge is 0.505 e. The Hall–Kier alpha value is -1.33. The highest BCUT2D eigenvalue weighted by atomic mass is 35.5. The van der Waals surface area contributed by atoms with E-state index < -0.39 is 30.0 Å². The number of carboxylic acids is 1. The first-order valence-corrected chi connectivity index (χ1v) is 4.45. The molecular formula is C9H9ClFNO3. The lowest BCUT2D eigenvalue weighted by molar-refractivity contribution is -0.137. The topological polar surface area (TPSA) is 83.6 Å². The summed E-state index contributed by atoms with van der Waals surface area (Å²) in [6.07, 6.45) is -0.458. The van der Waals surface area contributed by atoms with Crippen LogP contribution in [0.15, 0.2) is 12.1 Å². The highest BCUT2D eigenvalue weighted by molar-refractivity contribution is 6.31. The zero-order valence-corrected chi connectivity index (χ0v) is 8.33. The predicted molar refractivity (Wildman–Crippen MR) is 52.3 cm³/mol. The summed E-state index contributed by atoms with van der Waals surface area (Å²) in [6.45, 7) is 0. The monoisotopic (exact) mass is 233 g/mol. The fourth-order valence-corrected chi connectivity index (χ4v) is 1.47. The Kier molecular flexibility index (Phi) is 3.49. The third-order valence-electron chi connectivity index (χ3n) is 1.87. The number of phenolic OH excluding ortho intramolecular Hbond substituents is 1. The first-order chi connectivity index (χ1) is 6.93. The van der Waals surface area contributed by atoms with Crippen LogP contribution in [0.1, 0.15) is 18.0 Å². The summed E-state index contributed by atoms with van der Waals surface area (Å²) in [5, 5.41) is 17.6. The number of aliphatic carboxylic acids is 1. The molecule has 0 fully saturated rings. The van der Waals surface area contributed by atoms with Gasteiger partial charge >= 0.3 is 5.97 Å². The van der Waals surface area contributed by atoms with Crippen LogP contribution in [0, 0.1) is 5.82 Å². The number of carboxylic acid groups (broad SMARTS) is 1. The minimum absolute atomic E-state index is 0.000880. The highest BCUT2D eigenvalue weighted by Gasteiger charge is 2.20. The summed E-state index contributed by atoms with van der Waals surface area (Å²) in [6, 6.07) is 1.26. The van der Waals surface area contributed by atoms with Gasteiger partial charge in [0.2, 0.25) is 0 Å². The molecule has 0 aliphatic heterocycles. The number of nitrogens with two attached hydrogens (primary N) is 1. The number of hydrogen-bond acceptors (Lipinski definition) is 3. The van der Waals surface area contributed by atoms with Crippen LogP contribution in [0.5, 0.6) is 5.75 Å². The van der Waals surface area contributed by atoms with Crippen molar-refractivity contribution < 1.29 is 19.4 Å². The first kappa shape index (κ1) is 11.7. The summed E-state index contributed by atoms with van der Waals surface area (Å²) < 4.78 is 13.4. The molecule has 1 unspecified atom stereocenters. The van der Waals surface area contributed by atoms with Gasteiger partial charge in [-0.15, -0.1) is 0 Å². The van der Waals surface area contributed by atoms with Crippen molar-refractivity contribution >= 4 is 17.6 Å². The van der Waals surface area contributed by atoms with Crippen molar-refractivity contribution in [3.8, 4) is 5.75 Å². The van der Waals surface area contributed by atoms with E-state index in [1.54, 1.807) is 0 Å². The van der Waals surface area contributed by atoms with E-state index in [4.69, 9.17) is 27.5 Å². The molecule has 0 saturated carbocycles. The van der Waals surface area contributed by atoms with Crippen molar-refractivity contribution in [3.05, 3.63) is 28.5 Å². The predicted octanol–water partition coefficient (Wildman–Crippen LogP) is 1.66. The average Bonchev–Trinajstić information content (AvgIpc) is 2.11. The molecule has 0 radical (unpaired) electrons. The van der Waals surface area contributed by atoms with Crippen molar-refractivity contribution in [1.82, 2.24) is 0 Å². The van der Waals surface area contributed by atoms with E-state index >= 15 is 0 Å². The summed E-state index contributed by atoms with van der Waals surface area (Å²) in [5.41, 5.74) is 5.27. The van der Waals surface area contributed by atoms with Gasteiger partial charge in [0.25, 0.3) is 0 Å². The van der Waals surface area contributed by atoms with Crippen LogP contribution in [0.25, 0.3) is 0 Å². The van der Waals surface area contributed by atoms with Crippen molar-refractivity contribution in [2.75, 3.05) is 0 Å². The van der Waals surface area contributed by atoms with Crippen LogP contribution in [-0.4, -0.2) is 16.2 Å². The van der Waals surface area contributed by atoms with Gasteiger partial charge in [-0.1, -0.05) is 11.6 Å². The number of benzene rings is 1. The molecule has 6 heteroatoms. The standard InChI is InChI=1S/C9H9ClFNO3/c10-4-1-2-6(13)9(11)8(4)5(12)3-7(14)15/h1-2,5,13H,3,12H2,(H,14,15). The lowest BCUT2D eigenvalue weighted by Crippen LogP contribution is -2.17. The Labute approximate surface area is 90.1 Å². The Morgan fingerprint density at radius 2 is 2.20 bits per heavy atom. The van der Waals surface area contributed by atoms with Gasteiger partial charge in [-0.2, -0.15) is 0 Å². The third kappa shape index (κ3) is 2.57. The number of phenols is 1. The zero-order chi connectivity index (χ0) is 11.6. The lowest BCUT2D eigenvalue weighted by atomic mass is 10.0. The fourth-order valence-electron chi connectivity index (χ4n) is 1.19. The molecule has 82 valence electrons. The zero-order valence-electron chi connectivity index (χ0n) is 7.58. The van der Waals surface area contributed by atoms with Gasteiger partial charge < -0.3 is 15.9 Å². The Morgan fingerprint density at radius 1 is 1.60 bits per heavy atom. The Balaban J connectivity index is 3.12. The molecule has 1 rings (SSSR count). The average molecular weight is 234 g/mol.